The van der Waals surface area contributed by atoms with Gasteiger partial charge in [0.2, 0.25) is 0 Å². The molecule has 1 unspecified atom stereocenters. The van der Waals surface area contributed by atoms with Gasteiger partial charge in [-0.05, 0) is 56.5 Å². The first-order valence-corrected chi connectivity index (χ1v) is 8.36. The van der Waals surface area contributed by atoms with Crippen molar-refractivity contribution in [1.29, 1.82) is 0 Å². The minimum absolute atomic E-state index is 0.0163. The van der Waals surface area contributed by atoms with Gasteiger partial charge in [0.1, 0.15) is 0 Å². The van der Waals surface area contributed by atoms with Crippen LogP contribution in [-0.2, 0) is 0 Å². The van der Waals surface area contributed by atoms with E-state index in [0.717, 1.165) is 25.6 Å². The number of carbonyl (C=O) groups excluding carboxylic acids is 1. The fraction of sp³-hybridized carbons (Fsp3) is 0.588. The van der Waals surface area contributed by atoms with E-state index in [4.69, 9.17) is 11.6 Å². The predicted octanol–water partition coefficient (Wildman–Crippen LogP) is 3.72. The molecule has 3 nitrogen and oxygen atoms in total. The van der Waals surface area contributed by atoms with Crippen molar-refractivity contribution in [2.75, 3.05) is 19.6 Å². The molecular formula is C17H25ClN2O. The Balaban J connectivity index is 1.69. The molecule has 1 saturated heterocycles. The van der Waals surface area contributed by atoms with Crippen molar-refractivity contribution in [3.63, 3.8) is 0 Å². The summed E-state index contributed by atoms with van der Waals surface area (Å²) in [5.41, 5.74) is 0.670. The largest absolute Gasteiger partial charge is 0.352 e. The third-order valence-electron chi connectivity index (χ3n) is 4.23. The fourth-order valence-electron chi connectivity index (χ4n) is 3.00. The zero-order valence-corrected chi connectivity index (χ0v) is 13.5. The SMILES string of the molecule is CCC1CCCCN1CCCNC(=O)c1ccc(Cl)cc1. The summed E-state index contributed by atoms with van der Waals surface area (Å²) in [5, 5.41) is 3.64. The standard InChI is InChI=1S/C17H25ClN2O/c1-2-16-6-3-4-12-20(16)13-5-11-19-17(21)14-7-9-15(18)10-8-14/h7-10,16H,2-6,11-13H2,1H3,(H,19,21). The van der Waals surface area contributed by atoms with Crippen LogP contribution in [0.3, 0.4) is 0 Å². The zero-order valence-electron chi connectivity index (χ0n) is 12.8. The summed E-state index contributed by atoms with van der Waals surface area (Å²) in [4.78, 5) is 14.5. The number of halogens is 1. The Morgan fingerprint density at radius 1 is 1.33 bits per heavy atom. The minimum Gasteiger partial charge on any atom is -0.352 e. The highest BCUT2D eigenvalue weighted by Gasteiger charge is 2.19. The Labute approximate surface area is 132 Å². The van der Waals surface area contributed by atoms with E-state index in [1.54, 1.807) is 24.3 Å². The molecule has 4 heteroatoms. The van der Waals surface area contributed by atoms with Crippen LogP contribution in [-0.4, -0.2) is 36.5 Å². The lowest BCUT2D eigenvalue weighted by Crippen LogP contribution is -2.40. The van der Waals surface area contributed by atoms with Crippen LogP contribution >= 0.6 is 11.6 Å². The summed E-state index contributed by atoms with van der Waals surface area (Å²) >= 11 is 5.82. The van der Waals surface area contributed by atoms with Crippen molar-refractivity contribution in [1.82, 2.24) is 10.2 Å². The maximum atomic E-state index is 12.0. The average molecular weight is 309 g/mol. The van der Waals surface area contributed by atoms with E-state index in [-0.39, 0.29) is 5.91 Å². The molecule has 116 valence electrons. The maximum Gasteiger partial charge on any atom is 0.251 e. The van der Waals surface area contributed by atoms with Gasteiger partial charge in [-0.3, -0.25) is 4.79 Å². The molecule has 21 heavy (non-hydrogen) atoms. The van der Waals surface area contributed by atoms with Gasteiger partial charge in [0.25, 0.3) is 5.91 Å². The number of likely N-dealkylation sites (tertiary alicyclic amines) is 1. The Bertz CT molecular complexity index is 447. The second kappa shape index (κ2) is 8.40. The Hall–Kier alpha value is -1.06. The Kier molecular flexibility index (Phi) is 6.52. The van der Waals surface area contributed by atoms with E-state index in [2.05, 4.69) is 17.1 Å². The Morgan fingerprint density at radius 3 is 2.81 bits per heavy atom. The molecular weight excluding hydrogens is 284 g/mol. The summed E-state index contributed by atoms with van der Waals surface area (Å²) in [6.07, 6.45) is 6.25. The van der Waals surface area contributed by atoms with Crippen molar-refractivity contribution in [2.45, 2.75) is 45.1 Å². The van der Waals surface area contributed by atoms with Crippen molar-refractivity contribution in [3.8, 4) is 0 Å². The Morgan fingerprint density at radius 2 is 2.10 bits per heavy atom. The highest BCUT2D eigenvalue weighted by Crippen LogP contribution is 2.19. The van der Waals surface area contributed by atoms with Gasteiger partial charge in [0, 0.05) is 29.7 Å². The smallest absolute Gasteiger partial charge is 0.251 e. The topological polar surface area (TPSA) is 32.3 Å². The lowest BCUT2D eigenvalue weighted by molar-refractivity contribution is 0.0947. The van der Waals surface area contributed by atoms with Gasteiger partial charge in [0.15, 0.2) is 0 Å². The van der Waals surface area contributed by atoms with Crippen molar-refractivity contribution < 1.29 is 4.79 Å². The summed E-state index contributed by atoms with van der Waals surface area (Å²) in [7, 11) is 0. The maximum absolute atomic E-state index is 12.0. The summed E-state index contributed by atoms with van der Waals surface area (Å²) in [6.45, 7) is 5.29. The van der Waals surface area contributed by atoms with Gasteiger partial charge in [-0.25, -0.2) is 0 Å². The number of benzene rings is 1. The van der Waals surface area contributed by atoms with Gasteiger partial charge in [-0.2, -0.15) is 0 Å². The molecule has 1 aromatic rings. The van der Waals surface area contributed by atoms with Gasteiger partial charge >= 0.3 is 0 Å². The predicted molar refractivity (Wildman–Crippen MR) is 87.9 cm³/mol. The van der Waals surface area contributed by atoms with Crippen molar-refractivity contribution in [3.05, 3.63) is 34.9 Å². The van der Waals surface area contributed by atoms with Gasteiger partial charge < -0.3 is 10.2 Å². The zero-order chi connectivity index (χ0) is 15.1. The third-order valence-corrected chi connectivity index (χ3v) is 4.49. The van der Waals surface area contributed by atoms with E-state index >= 15 is 0 Å². The van der Waals surface area contributed by atoms with Gasteiger partial charge in [-0.1, -0.05) is 24.9 Å². The molecule has 1 fully saturated rings. The summed E-state index contributed by atoms with van der Waals surface area (Å²) in [6, 6.07) is 7.75. The summed E-state index contributed by atoms with van der Waals surface area (Å²) in [5.74, 6) is -0.0163. The van der Waals surface area contributed by atoms with Crippen LogP contribution in [0.1, 0.15) is 49.4 Å². The number of amides is 1. The van der Waals surface area contributed by atoms with E-state index in [1.807, 2.05) is 0 Å². The van der Waals surface area contributed by atoms with Crippen molar-refractivity contribution >= 4 is 17.5 Å². The van der Waals surface area contributed by atoms with Crippen LogP contribution in [0.25, 0.3) is 0 Å². The first kappa shape index (κ1) is 16.3. The van der Waals surface area contributed by atoms with Crippen LogP contribution in [0.5, 0.6) is 0 Å². The number of carbonyl (C=O) groups is 1. The van der Waals surface area contributed by atoms with Gasteiger partial charge in [0.05, 0.1) is 0 Å². The number of nitrogens with one attached hydrogen (secondary N) is 1. The number of nitrogens with zero attached hydrogens (tertiary/aromatic N) is 1. The van der Waals surface area contributed by atoms with Crippen LogP contribution < -0.4 is 5.32 Å². The number of rotatable bonds is 6. The first-order valence-electron chi connectivity index (χ1n) is 7.98. The number of piperidine rings is 1. The second-order valence-electron chi connectivity index (χ2n) is 5.71. The van der Waals surface area contributed by atoms with E-state index in [9.17, 15) is 4.79 Å². The second-order valence-corrected chi connectivity index (χ2v) is 6.15. The molecule has 0 bridgehead atoms. The molecule has 1 aliphatic heterocycles. The normalized spacial score (nSPS) is 19.4. The van der Waals surface area contributed by atoms with Crippen LogP contribution in [0.4, 0.5) is 0 Å². The van der Waals surface area contributed by atoms with Crippen molar-refractivity contribution in [2.24, 2.45) is 0 Å². The lowest BCUT2D eigenvalue weighted by Gasteiger charge is -2.35. The monoisotopic (exact) mass is 308 g/mol. The van der Waals surface area contributed by atoms with Gasteiger partial charge in [-0.15, -0.1) is 0 Å². The molecule has 1 N–H and O–H groups in total. The molecule has 1 atom stereocenters. The third kappa shape index (κ3) is 5.01. The minimum atomic E-state index is -0.0163. The first-order chi connectivity index (χ1) is 10.2. The molecule has 1 aliphatic rings. The van der Waals surface area contributed by atoms with Crippen LogP contribution in [0, 0.1) is 0 Å². The van der Waals surface area contributed by atoms with E-state index in [0.29, 0.717) is 10.6 Å². The molecule has 0 aliphatic carbocycles. The molecule has 1 heterocycles. The average Bonchev–Trinajstić information content (AvgIpc) is 2.52. The molecule has 0 spiro atoms. The quantitative estimate of drug-likeness (QED) is 0.812. The molecule has 1 aromatic carbocycles. The lowest BCUT2D eigenvalue weighted by atomic mass is 10.00. The molecule has 0 aromatic heterocycles. The fourth-order valence-corrected chi connectivity index (χ4v) is 3.13. The highest BCUT2D eigenvalue weighted by molar-refractivity contribution is 6.30. The molecule has 0 saturated carbocycles. The summed E-state index contributed by atoms with van der Waals surface area (Å²) < 4.78 is 0. The van der Waals surface area contributed by atoms with Crippen LogP contribution in [0.2, 0.25) is 5.02 Å². The molecule has 1 amide bonds. The highest BCUT2D eigenvalue weighted by atomic mass is 35.5. The van der Waals surface area contributed by atoms with E-state index < -0.39 is 0 Å². The number of hydrogen-bond donors (Lipinski definition) is 1. The van der Waals surface area contributed by atoms with Crippen LogP contribution in [0.15, 0.2) is 24.3 Å². The molecule has 0 radical (unpaired) electrons. The molecule has 2 rings (SSSR count). The number of hydrogen-bond acceptors (Lipinski definition) is 2. The van der Waals surface area contributed by atoms with E-state index in [1.165, 1.54) is 32.2 Å².